The first kappa shape index (κ1) is 16.5. The van der Waals surface area contributed by atoms with Crippen LogP contribution in [-0.4, -0.2) is 30.6 Å². The van der Waals surface area contributed by atoms with Crippen LogP contribution in [0.5, 0.6) is 0 Å². The molecule has 0 saturated heterocycles. The Hall–Kier alpha value is -2.32. The van der Waals surface area contributed by atoms with Gasteiger partial charge in [0.25, 0.3) is 5.56 Å². The van der Waals surface area contributed by atoms with Gasteiger partial charge in [0.2, 0.25) is 0 Å². The normalized spacial score (nSPS) is 11.1. The number of aromatic nitrogens is 4. The quantitative estimate of drug-likeness (QED) is 0.561. The van der Waals surface area contributed by atoms with Crippen LogP contribution in [0, 0.1) is 0 Å². The molecule has 0 unspecified atom stereocenters. The summed E-state index contributed by atoms with van der Waals surface area (Å²) >= 11 is 7.15. The number of hydrogen-bond acceptors (Lipinski definition) is 5. The number of ketones is 1. The lowest BCUT2D eigenvalue weighted by Gasteiger charge is -2.01. The predicted octanol–water partition coefficient (Wildman–Crippen LogP) is 1.59. The van der Waals surface area contributed by atoms with Gasteiger partial charge < -0.3 is 4.98 Å². The van der Waals surface area contributed by atoms with E-state index in [0.29, 0.717) is 15.7 Å². The molecule has 124 valence electrons. The fourth-order valence-electron chi connectivity index (χ4n) is 2.27. The number of benzene rings is 1. The number of fused-ring (bicyclic) bond motifs is 1. The molecule has 1 N–H and O–H groups in total. The number of H-pyrrole nitrogens is 1. The second-order valence-corrected chi connectivity index (χ2v) is 6.51. The number of nitrogens with one attached hydrogen (secondary N) is 1. The first-order chi connectivity index (χ1) is 11.4. The zero-order valence-corrected chi connectivity index (χ0v) is 14.4. The van der Waals surface area contributed by atoms with Crippen LogP contribution in [0.15, 0.2) is 39.0 Å². The van der Waals surface area contributed by atoms with Crippen molar-refractivity contribution in [3.05, 3.63) is 55.7 Å². The smallest absolute Gasteiger partial charge is 0.327 e. The van der Waals surface area contributed by atoms with Gasteiger partial charge in [-0.25, -0.2) is 9.78 Å². The summed E-state index contributed by atoms with van der Waals surface area (Å²) in [6.07, 6.45) is 0. The van der Waals surface area contributed by atoms with Crippen molar-refractivity contribution < 1.29 is 4.79 Å². The number of imidazole rings is 1. The van der Waals surface area contributed by atoms with E-state index in [1.165, 1.54) is 18.7 Å². The Morgan fingerprint density at radius 1 is 1.25 bits per heavy atom. The minimum absolute atomic E-state index is 0.109. The third-order valence-corrected chi connectivity index (χ3v) is 4.79. The van der Waals surface area contributed by atoms with E-state index < -0.39 is 11.2 Å². The van der Waals surface area contributed by atoms with Gasteiger partial charge in [-0.15, -0.1) is 0 Å². The van der Waals surface area contributed by atoms with Crippen molar-refractivity contribution in [2.24, 2.45) is 14.1 Å². The number of halogens is 1. The molecule has 0 atom stereocenters. The maximum atomic E-state index is 12.2. The highest BCUT2D eigenvalue weighted by Crippen LogP contribution is 2.21. The van der Waals surface area contributed by atoms with Crippen LogP contribution in [0.3, 0.4) is 0 Å². The highest BCUT2D eigenvalue weighted by Gasteiger charge is 2.15. The Bertz CT molecular complexity index is 1070. The van der Waals surface area contributed by atoms with Crippen LogP contribution >= 0.6 is 23.4 Å². The molecule has 3 aromatic rings. The van der Waals surface area contributed by atoms with Gasteiger partial charge in [-0.2, -0.15) is 0 Å². The molecule has 0 spiro atoms. The van der Waals surface area contributed by atoms with Crippen molar-refractivity contribution in [3.63, 3.8) is 0 Å². The average Bonchev–Trinajstić information content (AvgIpc) is 3.01. The van der Waals surface area contributed by atoms with E-state index in [9.17, 15) is 14.4 Å². The van der Waals surface area contributed by atoms with Crippen LogP contribution in [0.1, 0.15) is 10.4 Å². The summed E-state index contributed by atoms with van der Waals surface area (Å²) < 4.78 is 2.29. The van der Waals surface area contributed by atoms with Crippen molar-refractivity contribution in [3.8, 4) is 0 Å². The molecule has 7 nitrogen and oxygen atoms in total. The largest absolute Gasteiger partial charge is 0.332 e. The van der Waals surface area contributed by atoms with Gasteiger partial charge in [0.05, 0.1) is 10.8 Å². The topological polar surface area (TPSA) is 89.8 Å². The number of aromatic amines is 1. The molecule has 0 aliphatic heterocycles. The number of carbonyl (C=O) groups excluding carboxylic acids is 1. The maximum Gasteiger partial charge on any atom is 0.332 e. The molecule has 0 bridgehead atoms. The molecule has 9 heteroatoms. The van der Waals surface area contributed by atoms with E-state index in [4.69, 9.17) is 11.6 Å². The molecular formula is C15H13ClN4O3S. The fraction of sp³-hybridized carbons (Fsp3) is 0.200. The summed E-state index contributed by atoms with van der Waals surface area (Å²) in [6, 6.07) is 6.80. The van der Waals surface area contributed by atoms with E-state index >= 15 is 0 Å². The zero-order valence-electron chi connectivity index (χ0n) is 12.9. The summed E-state index contributed by atoms with van der Waals surface area (Å²) in [5, 5.41) is 0.785. The Balaban J connectivity index is 1.89. The minimum Gasteiger partial charge on any atom is -0.327 e. The lowest BCUT2D eigenvalue weighted by molar-refractivity contribution is 0.102. The molecular weight excluding hydrogens is 352 g/mol. The van der Waals surface area contributed by atoms with E-state index in [1.807, 2.05) is 0 Å². The molecule has 0 aliphatic carbocycles. The van der Waals surface area contributed by atoms with Crippen LogP contribution in [-0.2, 0) is 14.1 Å². The molecule has 0 amide bonds. The average molecular weight is 365 g/mol. The molecule has 0 saturated carbocycles. The third-order valence-electron chi connectivity index (χ3n) is 3.59. The monoisotopic (exact) mass is 364 g/mol. The van der Waals surface area contributed by atoms with Crippen molar-refractivity contribution in [2.45, 2.75) is 5.16 Å². The van der Waals surface area contributed by atoms with Crippen LogP contribution < -0.4 is 11.2 Å². The van der Waals surface area contributed by atoms with Gasteiger partial charge in [0.1, 0.15) is 0 Å². The number of thioether (sulfide) groups is 1. The Labute approximate surface area is 145 Å². The number of nitrogens with zero attached hydrogens (tertiary/aromatic N) is 3. The summed E-state index contributed by atoms with van der Waals surface area (Å²) in [6.45, 7) is 0. The summed E-state index contributed by atoms with van der Waals surface area (Å²) in [5.74, 6) is -0.0366. The van der Waals surface area contributed by atoms with Crippen LogP contribution in [0.4, 0.5) is 0 Å². The first-order valence-electron chi connectivity index (χ1n) is 6.96. The standard InChI is InChI=1S/C15H13ClN4O3S/c1-19-12-11(13(22)20(2)15(19)23)17-14(18-12)24-7-10(21)8-5-3-4-6-9(8)16/h3-6H,7H2,1-2H3,(H,17,18). The SMILES string of the molecule is Cn1c(=O)c2[nH]c(SCC(=O)c3ccccc3Cl)nc2n(C)c1=O. The van der Waals surface area contributed by atoms with Gasteiger partial charge in [0, 0.05) is 19.7 Å². The second-order valence-electron chi connectivity index (χ2n) is 5.14. The molecule has 0 fully saturated rings. The van der Waals surface area contributed by atoms with Gasteiger partial charge >= 0.3 is 5.69 Å². The number of rotatable bonds is 4. The second kappa shape index (κ2) is 6.29. The number of hydrogen-bond donors (Lipinski definition) is 1. The maximum absolute atomic E-state index is 12.2. The molecule has 2 aromatic heterocycles. The molecule has 24 heavy (non-hydrogen) atoms. The fourth-order valence-corrected chi connectivity index (χ4v) is 3.26. The molecule has 3 rings (SSSR count). The van der Waals surface area contributed by atoms with Crippen LogP contribution in [0.2, 0.25) is 5.02 Å². The van der Waals surface area contributed by atoms with E-state index in [0.717, 1.165) is 16.3 Å². The van der Waals surface area contributed by atoms with E-state index in [1.54, 1.807) is 24.3 Å². The van der Waals surface area contributed by atoms with E-state index in [2.05, 4.69) is 9.97 Å². The van der Waals surface area contributed by atoms with Gasteiger partial charge in [-0.3, -0.25) is 18.7 Å². The number of carbonyl (C=O) groups is 1. The minimum atomic E-state index is -0.456. The first-order valence-corrected chi connectivity index (χ1v) is 8.32. The molecule has 0 aliphatic rings. The number of Topliss-reactive ketones (excluding diaryl/α,β-unsaturated/α-hetero) is 1. The van der Waals surface area contributed by atoms with Crippen molar-refractivity contribution in [1.82, 2.24) is 19.1 Å². The van der Waals surface area contributed by atoms with Crippen LogP contribution in [0.25, 0.3) is 11.2 Å². The van der Waals surface area contributed by atoms with Crippen molar-refractivity contribution in [1.29, 1.82) is 0 Å². The van der Waals surface area contributed by atoms with E-state index in [-0.39, 0.29) is 22.7 Å². The Morgan fingerprint density at radius 2 is 1.96 bits per heavy atom. The third kappa shape index (κ3) is 2.78. The van der Waals surface area contributed by atoms with Gasteiger partial charge in [-0.05, 0) is 12.1 Å². The molecule has 1 aromatic carbocycles. The van der Waals surface area contributed by atoms with Crippen molar-refractivity contribution in [2.75, 3.05) is 5.75 Å². The molecule has 0 radical (unpaired) electrons. The zero-order chi connectivity index (χ0) is 17.4. The van der Waals surface area contributed by atoms with Gasteiger partial charge in [0.15, 0.2) is 22.1 Å². The highest BCUT2D eigenvalue weighted by atomic mass is 35.5. The summed E-state index contributed by atoms with van der Waals surface area (Å²) in [7, 11) is 2.94. The highest BCUT2D eigenvalue weighted by molar-refractivity contribution is 7.99. The number of aryl methyl sites for hydroxylation is 1. The lowest BCUT2D eigenvalue weighted by Crippen LogP contribution is -2.36. The van der Waals surface area contributed by atoms with Crippen molar-refractivity contribution >= 4 is 40.3 Å². The summed E-state index contributed by atoms with van der Waals surface area (Å²) in [5.41, 5.74) is 0.0155. The predicted molar refractivity (Wildman–Crippen MR) is 93.1 cm³/mol. The lowest BCUT2D eigenvalue weighted by atomic mass is 10.1. The molecule has 2 heterocycles. The van der Waals surface area contributed by atoms with Gasteiger partial charge in [-0.1, -0.05) is 35.5 Å². The Kier molecular flexibility index (Phi) is 4.33. The summed E-state index contributed by atoms with van der Waals surface area (Å²) in [4.78, 5) is 43.3. The Morgan fingerprint density at radius 3 is 2.67 bits per heavy atom.